The van der Waals surface area contributed by atoms with Crippen molar-refractivity contribution >= 4 is 67.2 Å². The lowest BCUT2D eigenvalue weighted by Crippen LogP contribution is -1.89. The fraction of sp³-hybridized carbons (Fsp3) is 0. The Morgan fingerprint density at radius 2 is 1.68 bits per heavy atom. The van der Waals surface area contributed by atoms with Crippen LogP contribution in [0.25, 0.3) is 10.2 Å². The molecule has 0 radical (unpaired) electrons. The fourth-order valence-corrected chi connectivity index (χ4v) is 3.02. The van der Waals surface area contributed by atoms with E-state index in [1.807, 2.05) is 18.2 Å². The Labute approximate surface area is 128 Å². The number of nitrogens with one attached hydrogen (secondary N) is 1. The van der Waals surface area contributed by atoms with Crippen LogP contribution in [-0.2, 0) is 0 Å². The summed E-state index contributed by atoms with van der Waals surface area (Å²) >= 11 is 19.5. The van der Waals surface area contributed by atoms with E-state index < -0.39 is 0 Å². The summed E-state index contributed by atoms with van der Waals surface area (Å²) in [5.41, 5.74) is 1.59. The molecule has 0 fully saturated rings. The molecule has 3 aromatic rings. The maximum atomic E-state index is 6.10. The third-order valence-electron chi connectivity index (χ3n) is 2.52. The average molecular weight is 330 g/mol. The molecule has 0 aliphatic heterocycles. The highest BCUT2D eigenvalue weighted by atomic mass is 35.5. The van der Waals surface area contributed by atoms with Crippen LogP contribution in [0.1, 0.15) is 0 Å². The number of rotatable bonds is 2. The minimum absolute atomic E-state index is 0.599. The highest BCUT2D eigenvalue weighted by Gasteiger charge is 2.07. The van der Waals surface area contributed by atoms with Gasteiger partial charge in [0.15, 0.2) is 5.13 Å². The molecule has 0 aliphatic rings. The van der Waals surface area contributed by atoms with Crippen LogP contribution in [0.15, 0.2) is 36.4 Å². The molecule has 0 spiro atoms. The largest absolute Gasteiger partial charge is 0.330 e. The predicted octanol–water partition coefficient (Wildman–Crippen LogP) is 6.00. The molecule has 96 valence electrons. The number of aromatic nitrogens is 1. The van der Waals surface area contributed by atoms with Gasteiger partial charge in [-0.1, -0.05) is 46.1 Å². The van der Waals surface area contributed by atoms with Gasteiger partial charge in [0, 0.05) is 10.0 Å². The molecular formula is C13H7Cl3N2S. The first-order valence-electron chi connectivity index (χ1n) is 5.40. The van der Waals surface area contributed by atoms with Gasteiger partial charge in [0.2, 0.25) is 0 Å². The topological polar surface area (TPSA) is 24.9 Å². The molecule has 6 heteroatoms. The van der Waals surface area contributed by atoms with Crippen LogP contribution < -0.4 is 5.32 Å². The van der Waals surface area contributed by atoms with Gasteiger partial charge in [-0.05, 0) is 36.4 Å². The van der Waals surface area contributed by atoms with Crippen molar-refractivity contribution in [3.63, 3.8) is 0 Å². The molecule has 2 nitrogen and oxygen atoms in total. The number of hydrogen-bond acceptors (Lipinski definition) is 3. The Morgan fingerprint density at radius 3 is 2.53 bits per heavy atom. The Bertz CT molecular complexity index is 755. The van der Waals surface area contributed by atoms with E-state index in [1.54, 1.807) is 18.2 Å². The van der Waals surface area contributed by atoms with Crippen LogP contribution in [0.4, 0.5) is 10.8 Å². The molecule has 3 rings (SSSR count). The number of nitrogens with zero attached hydrogens (tertiary/aromatic N) is 1. The quantitative estimate of drug-likeness (QED) is 0.623. The van der Waals surface area contributed by atoms with Crippen molar-refractivity contribution < 1.29 is 0 Å². The van der Waals surface area contributed by atoms with Crippen LogP contribution in [0, 0.1) is 0 Å². The van der Waals surface area contributed by atoms with Crippen LogP contribution >= 0.6 is 46.1 Å². The molecule has 0 atom stereocenters. The standard InChI is InChI=1S/C13H7Cl3N2S/c14-7-1-3-9(16)10(5-7)17-13-18-11-6-8(15)2-4-12(11)19-13/h1-6H,(H,17,18). The maximum absolute atomic E-state index is 6.10. The van der Waals surface area contributed by atoms with Gasteiger partial charge in [-0.25, -0.2) is 4.98 Å². The summed E-state index contributed by atoms with van der Waals surface area (Å²) in [6.45, 7) is 0. The lowest BCUT2D eigenvalue weighted by atomic mass is 10.3. The summed E-state index contributed by atoms with van der Waals surface area (Å²) < 4.78 is 1.06. The van der Waals surface area contributed by atoms with Crippen molar-refractivity contribution in [1.29, 1.82) is 0 Å². The zero-order valence-corrected chi connectivity index (χ0v) is 12.5. The molecule has 0 unspecified atom stereocenters. The summed E-state index contributed by atoms with van der Waals surface area (Å²) in [6, 6.07) is 10.9. The minimum Gasteiger partial charge on any atom is -0.330 e. The SMILES string of the molecule is Clc1ccc(Cl)c(Nc2nc3cc(Cl)ccc3s2)c1. The van der Waals surface area contributed by atoms with Crippen molar-refractivity contribution in [1.82, 2.24) is 4.98 Å². The van der Waals surface area contributed by atoms with Gasteiger partial charge in [0.05, 0.1) is 20.9 Å². The average Bonchev–Trinajstić information content (AvgIpc) is 2.75. The molecule has 0 aliphatic carbocycles. The van der Waals surface area contributed by atoms with E-state index in [0.29, 0.717) is 15.1 Å². The van der Waals surface area contributed by atoms with E-state index in [1.165, 1.54) is 11.3 Å². The first-order chi connectivity index (χ1) is 9.11. The van der Waals surface area contributed by atoms with Crippen molar-refractivity contribution in [2.45, 2.75) is 0 Å². The van der Waals surface area contributed by atoms with E-state index in [-0.39, 0.29) is 0 Å². The zero-order chi connectivity index (χ0) is 13.4. The molecule has 0 saturated heterocycles. The van der Waals surface area contributed by atoms with Gasteiger partial charge >= 0.3 is 0 Å². The van der Waals surface area contributed by atoms with E-state index >= 15 is 0 Å². The summed E-state index contributed by atoms with van der Waals surface area (Å²) in [4.78, 5) is 4.46. The molecule has 1 N–H and O–H groups in total. The fourth-order valence-electron chi connectivity index (χ4n) is 1.66. The van der Waals surface area contributed by atoms with E-state index in [0.717, 1.165) is 21.0 Å². The second kappa shape index (κ2) is 5.17. The van der Waals surface area contributed by atoms with Gasteiger partial charge in [0.25, 0.3) is 0 Å². The number of hydrogen-bond donors (Lipinski definition) is 1. The molecular weight excluding hydrogens is 323 g/mol. The first kappa shape index (κ1) is 13.0. The van der Waals surface area contributed by atoms with E-state index in [4.69, 9.17) is 34.8 Å². The Hall–Kier alpha value is -1.00. The van der Waals surface area contributed by atoms with Crippen LogP contribution in [0.3, 0.4) is 0 Å². The van der Waals surface area contributed by atoms with Gasteiger partial charge in [0.1, 0.15) is 0 Å². The lowest BCUT2D eigenvalue weighted by molar-refractivity contribution is 1.44. The molecule has 0 bridgehead atoms. The Balaban J connectivity index is 1.98. The number of thiazole rings is 1. The first-order valence-corrected chi connectivity index (χ1v) is 7.35. The molecule has 0 amide bonds. The van der Waals surface area contributed by atoms with E-state index in [2.05, 4.69) is 10.3 Å². The highest BCUT2D eigenvalue weighted by Crippen LogP contribution is 2.33. The van der Waals surface area contributed by atoms with Gasteiger partial charge in [-0.15, -0.1) is 0 Å². The number of benzene rings is 2. The molecule has 2 aromatic carbocycles. The van der Waals surface area contributed by atoms with Crippen molar-refractivity contribution in [3.8, 4) is 0 Å². The third-order valence-corrected chi connectivity index (χ3v) is 4.27. The van der Waals surface area contributed by atoms with Gasteiger partial charge in [-0.3, -0.25) is 0 Å². The summed E-state index contributed by atoms with van der Waals surface area (Å²) in [5, 5.41) is 5.81. The normalized spacial score (nSPS) is 10.9. The van der Waals surface area contributed by atoms with Gasteiger partial charge in [-0.2, -0.15) is 0 Å². The van der Waals surface area contributed by atoms with Crippen LogP contribution in [-0.4, -0.2) is 4.98 Å². The second-order valence-electron chi connectivity index (χ2n) is 3.88. The lowest BCUT2D eigenvalue weighted by Gasteiger charge is -2.04. The summed E-state index contributed by atoms with van der Waals surface area (Å²) in [5.74, 6) is 0. The Kier molecular flexibility index (Phi) is 3.54. The minimum atomic E-state index is 0.599. The number of fused-ring (bicyclic) bond motifs is 1. The number of anilines is 2. The second-order valence-corrected chi connectivity index (χ2v) is 6.19. The predicted molar refractivity (Wildman–Crippen MR) is 84.4 cm³/mol. The highest BCUT2D eigenvalue weighted by molar-refractivity contribution is 7.22. The van der Waals surface area contributed by atoms with E-state index in [9.17, 15) is 0 Å². The number of halogens is 3. The Morgan fingerprint density at radius 1 is 0.947 bits per heavy atom. The maximum Gasteiger partial charge on any atom is 0.188 e. The van der Waals surface area contributed by atoms with Crippen molar-refractivity contribution in [2.24, 2.45) is 0 Å². The zero-order valence-electron chi connectivity index (χ0n) is 9.45. The van der Waals surface area contributed by atoms with Crippen LogP contribution in [0.2, 0.25) is 15.1 Å². The monoisotopic (exact) mass is 328 g/mol. The smallest absolute Gasteiger partial charge is 0.188 e. The molecule has 1 heterocycles. The van der Waals surface area contributed by atoms with Gasteiger partial charge < -0.3 is 5.32 Å². The molecule has 0 saturated carbocycles. The summed E-state index contributed by atoms with van der Waals surface area (Å²) in [7, 11) is 0. The molecule has 1 aromatic heterocycles. The van der Waals surface area contributed by atoms with Crippen molar-refractivity contribution in [3.05, 3.63) is 51.5 Å². The van der Waals surface area contributed by atoms with Crippen molar-refractivity contribution in [2.75, 3.05) is 5.32 Å². The molecule has 19 heavy (non-hydrogen) atoms. The summed E-state index contributed by atoms with van der Waals surface area (Å²) in [6.07, 6.45) is 0. The van der Waals surface area contributed by atoms with Crippen LogP contribution in [0.5, 0.6) is 0 Å². The third kappa shape index (κ3) is 2.79.